The molecule has 1 aromatic heterocycles. The van der Waals surface area contributed by atoms with E-state index in [1.54, 1.807) is 6.20 Å². The van der Waals surface area contributed by atoms with Crippen molar-refractivity contribution >= 4 is 23.1 Å². The van der Waals surface area contributed by atoms with E-state index in [1.165, 1.54) is 5.56 Å². The first-order valence-corrected chi connectivity index (χ1v) is 6.23. The van der Waals surface area contributed by atoms with Crippen molar-refractivity contribution in [1.29, 1.82) is 0 Å². The Morgan fingerprint density at radius 1 is 1.28 bits per heavy atom. The number of hydrogen-bond donors (Lipinski definition) is 2. The van der Waals surface area contributed by atoms with Crippen molar-refractivity contribution in [2.45, 2.75) is 13.3 Å². The summed E-state index contributed by atoms with van der Waals surface area (Å²) < 4.78 is 0. The van der Waals surface area contributed by atoms with Crippen molar-refractivity contribution < 1.29 is 0 Å². The van der Waals surface area contributed by atoms with Crippen LogP contribution in [0.3, 0.4) is 0 Å². The van der Waals surface area contributed by atoms with Crippen LogP contribution in [0.4, 0.5) is 11.5 Å². The third-order valence-electron chi connectivity index (χ3n) is 2.78. The summed E-state index contributed by atoms with van der Waals surface area (Å²) in [5, 5.41) is 4.02. The van der Waals surface area contributed by atoms with Crippen molar-refractivity contribution in [2.24, 2.45) is 0 Å². The van der Waals surface area contributed by atoms with Gasteiger partial charge in [0, 0.05) is 29.5 Å². The Morgan fingerprint density at radius 2 is 2.00 bits per heavy atom. The lowest BCUT2D eigenvalue weighted by atomic mass is 10.1. The van der Waals surface area contributed by atoms with Gasteiger partial charge >= 0.3 is 0 Å². The first-order valence-electron chi connectivity index (χ1n) is 5.85. The van der Waals surface area contributed by atoms with E-state index in [0.717, 1.165) is 35.1 Å². The number of halogens is 1. The summed E-state index contributed by atoms with van der Waals surface area (Å²) in [7, 11) is 0. The zero-order valence-corrected chi connectivity index (χ0v) is 11.0. The number of hydrogen-bond acceptors (Lipinski definition) is 3. The number of aromatic nitrogens is 1. The highest BCUT2D eigenvalue weighted by atomic mass is 35.5. The predicted molar refractivity (Wildman–Crippen MR) is 77.0 cm³/mol. The summed E-state index contributed by atoms with van der Waals surface area (Å²) in [5.74, 6) is 0.812. The standard InChI is InChI=1S/C14H16ClN3/c1-10-9-18-14(8-13(10)16)17-7-6-11-2-4-12(15)5-3-11/h2-5,8-9H,6-7H2,1H3,(H3,16,17,18). The van der Waals surface area contributed by atoms with Gasteiger partial charge in [-0.15, -0.1) is 0 Å². The van der Waals surface area contributed by atoms with E-state index in [-0.39, 0.29) is 0 Å². The van der Waals surface area contributed by atoms with Crippen molar-refractivity contribution in [2.75, 3.05) is 17.6 Å². The topological polar surface area (TPSA) is 50.9 Å². The smallest absolute Gasteiger partial charge is 0.127 e. The fourth-order valence-electron chi connectivity index (χ4n) is 1.62. The summed E-state index contributed by atoms with van der Waals surface area (Å²) >= 11 is 5.83. The molecule has 0 radical (unpaired) electrons. The molecule has 4 heteroatoms. The lowest BCUT2D eigenvalue weighted by Gasteiger charge is -2.07. The van der Waals surface area contributed by atoms with Gasteiger partial charge in [-0.2, -0.15) is 0 Å². The van der Waals surface area contributed by atoms with E-state index in [2.05, 4.69) is 10.3 Å². The van der Waals surface area contributed by atoms with Crippen molar-refractivity contribution in [3.63, 3.8) is 0 Å². The fourth-order valence-corrected chi connectivity index (χ4v) is 1.75. The molecule has 3 nitrogen and oxygen atoms in total. The average Bonchev–Trinajstić information content (AvgIpc) is 2.36. The summed E-state index contributed by atoms with van der Waals surface area (Å²) in [5.41, 5.74) is 8.83. The minimum Gasteiger partial charge on any atom is -0.398 e. The highest BCUT2D eigenvalue weighted by Crippen LogP contribution is 2.14. The Labute approximate surface area is 112 Å². The molecular weight excluding hydrogens is 246 g/mol. The molecule has 0 bridgehead atoms. The Balaban J connectivity index is 1.88. The summed E-state index contributed by atoms with van der Waals surface area (Å²) in [6.07, 6.45) is 2.70. The van der Waals surface area contributed by atoms with Crippen LogP contribution in [0, 0.1) is 6.92 Å². The maximum absolute atomic E-state index is 5.83. The largest absolute Gasteiger partial charge is 0.398 e. The van der Waals surface area contributed by atoms with Gasteiger partial charge in [-0.05, 0) is 36.6 Å². The number of nitrogens with one attached hydrogen (secondary N) is 1. The van der Waals surface area contributed by atoms with Gasteiger partial charge in [-0.25, -0.2) is 4.98 Å². The Morgan fingerprint density at radius 3 is 2.67 bits per heavy atom. The molecule has 0 spiro atoms. The first kappa shape index (κ1) is 12.7. The second kappa shape index (κ2) is 5.74. The third-order valence-corrected chi connectivity index (χ3v) is 3.03. The number of pyridine rings is 1. The van der Waals surface area contributed by atoms with Crippen LogP contribution in [0.15, 0.2) is 36.5 Å². The molecule has 1 aromatic carbocycles. The van der Waals surface area contributed by atoms with Crippen LogP contribution in [-0.2, 0) is 6.42 Å². The predicted octanol–water partition coefficient (Wildman–Crippen LogP) is 3.28. The first-order chi connectivity index (χ1) is 8.65. The van der Waals surface area contributed by atoms with Gasteiger partial charge in [0.15, 0.2) is 0 Å². The van der Waals surface area contributed by atoms with Crippen LogP contribution in [0.2, 0.25) is 5.02 Å². The van der Waals surface area contributed by atoms with E-state index in [9.17, 15) is 0 Å². The van der Waals surface area contributed by atoms with Crippen LogP contribution >= 0.6 is 11.6 Å². The minimum atomic E-state index is 0.763. The number of aryl methyl sites for hydroxylation is 1. The van der Waals surface area contributed by atoms with Gasteiger partial charge in [0.25, 0.3) is 0 Å². The van der Waals surface area contributed by atoms with Gasteiger partial charge < -0.3 is 11.1 Å². The normalized spacial score (nSPS) is 10.3. The molecule has 0 aliphatic heterocycles. The van der Waals surface area contributed by atoms with Gasteiger partial charge in [0.2, 0.25) is 0 Å². The second-order valence-electron chi connectivity index (χ2n) is 4.23. The van der Waals surface area contributed by atoms with Gasteiger partial charge in [0.05, 0.1) is 0 Å². The van der Waals surface area contributed by atoms with Crippen LogP contribution in [0.1, 0.15) is 11.1 Å². The number of benzene rings is 1. The van der Waals surface area contributed by atoms with Crippen LogP contribution in [0.5, 0.6) is 0 Å². The van der Waals surface area contributed by atoms with Crippen molar-refractivity contribution in [1.82, 2.24) is 4.98 Å². The average molecular weight is 262 g/mol. The molecular formula is C14H16ClN3. The van der Waals surface area contributed by atoms with E-state index in [0.29, 0.717) is 0 Å². The summed E-state index contributed by atoms with van der Waals surface area (Å²) in [4.78, 5) is 4.27. The van der Waals surface area contributed by atoms with Gasteiger partial charge in [-0.3, -0.25) is 0 Å². The molecule has 3 N–H and O–H groups in total. The van der Waals surface area contributed by atoms with Crippen molar-refractivity contribution in [3.05, 3.63) is 52.7 Å². The Hall–Kier alpha value is -1.74. The molecule has 0 fully saturated rings. The summed E-state index contributed by atoms with van der Waals surface area (Å²) in [6.45, 7) is 2.76. The molecule has 18 heavy (non-hydrogen) atoms. The zero-order chi connectivity index (χ0) is 13.0. The van der Waals surface area contributed by atoms with E-state index in [1.807, 2.05) is 37.3 Å². The maximum Gasteiger partial charge on any atom is 0.127 e. The molecule has 0 unspecified atom stereocenters. The lowest BCUT2D eigenvalue weighted by Crippen LogP contribution is -2.07. The second-order valence-corrected chi connectivity index (χ2v) is 4.67. The third kappa shape index (κ3) is 3.37. The van der Waals surface area contributed by atoms with Gasteiger partial charge in [0.1, 0.15) is 5.82 Å². The van der Waals surface area contributed by atoms with Crippen LogP contribution in [0.25, 0.3) is 0 Å². The highest BCUT2D eigenvalue weighted by Gasteiger charge is 1.98. The van der Waals surface area contributed by atoms with E-state index >= 15 is 0 Å². The quantitative estimate of drug-likeness (QED) is 0.888. The molecule has 0 saturated carbocycles. The Bertz CT molecular complexity index is 523. The molecule has 0 atom stereocenters. The molecule has 94 valence electrons. The summed E-state index contributed by atoms with van der Waals surface area (Å²) in [6, 6.07) is 9.72. The molecule has 2 rings (SSSR count). The highest BCUT2D eigenvalue weighted by molar-refractivity contribution is 6.30. The number of rotatable bonds is 4. The number of nitrogen functional groups attached to an aromatic ring is 1. The molecule has 0 aliphatic rings. The van der Waals surface area contributed by atoms with E-state index < -0.39 is 0 Å². The SMILES string of the molecule is Cc1cnc(NCCc2ccc(Cl)cc2)cc1N. The van der Waals surface area contributed by atoms with E-state index in [4.69, 9.17) is 17.3 Å². The minimum absolute atomic E-state index is 0.763. The lowest BCUT2D eigenvalue weighted by molar-refractivity contribution is 1.01. The maximum atomic E-state index is 5.83. The number of anilines is 2. The van der Waals surface area contributed by atoms with Crippen LogP contribution in [-0.4, -0.2) is 11.5 Å². The van der Waals surface area contributed by atoms with Gasteiger partial charge in [-0.1, -0.05) is 23.7 Å². The molecule has 1 heterocycles. The zero-order valence-electron chi connectivity index (χ0n) is 10.3. The fraction of sp³-hybridized carbons (Fsp3) is 0.214. The van der Waals surface area contributed by atoms with Crippen LogP contribution < -0.4 is 11.1 Å². The molecule has 0 saturated heterocycles. The molecule has 0 aliphatic carbocycles. The number of nitrogens with zero attached hydrogens (tertiary/aromatic N) is 1. The molecule has 0 amide bonds. The number of nitrogens with two attached hydrogens (primary N) is 1. The Kier molecular flexibility index (Phi) is 4.05. The van der Waals surface area contributed by atoms with Crippen molar-refractivity contribution in [3.8, 4) is 0 Å². The molecule has 2 aromatic rings. The monoisotopic (exact) mass is 261 g/mol.